The fourth-order valence-corrected chi connectivity index (χ4v) is 5.25. The lowest BCUT2D eigenvalue weighted by molar-refractivity contribution is 0.681. The Morgan fingerprint density at radius 3 is 2.71 bits per heavy atom. The Hall–Kier alpha value is -2.41. The molecule has 1 aliphatic rings. The third-order valence-corrected chi connectivity index (χ3v) is 6.64. The van der Waals surface area contributed by atoms with Crippen LogP contribution in [0.25, 0.3) is 22.2 Å². The number of fused-ring (bicyclic) bond motifs is 1. The topological polar surface area (TPSA) is 86.2 Å². The maximum atomic E-state index is 12.6. The third kappa shape index (κ3) is 2.54. The number of nitrogen functional groups attached to an aromatic ring is 1. The van der Waals surface area contributed by atoms with Crippen molar-refractivity contribution in [3.8, 4) is 11.1 Å². The van der Waals surface area contributed by atoms with E-state index >= 15 is 0 Å². The number of aryl methyl sites for hydroxylation is 1. The van der Waals surface area contributed by atoms with Gasteiger partial charge in [-0.25, -0.2) is 14.2 Å². The lowest BCUT2D eigenvalue weighted by Gasteiger charge is -2.03. The zero-order valence-electron chi connectivity index (χ0n) is 16.0. The van der Waals surface area contributed by atoms with Crippen molar-refractivity contribution in [2.45, 2.75) is 12.8 Å². The van der Waals surface area contributed by atoms with Crippen LogP contribution in [0.5, 0.6) is 0 Å². The fourth-order valence-electron chi connectivity index (χ4n) is 3.05. The van der Waals surface area contributed by atoms with Crippen LogP contribution < -0.4 is 5.73 Å². The summed E-state index contributed by atoms with van der Waals surface area (Å²) in [5.74, 6) is 1.52. The maximum Gasteiger partial charge on any atom is 0.145 e. The second-order valence-corrected chi connectivity index (χ2v) is 8.44. The Kier molecular flexibility index (Phi) is 2.80. The van der Waals surface area contributed by atoms with Crippen molar-refractivity contribution in [1.29, 1.82) is 0 Å². The molecule has 6 nitrogen and oxygen atoms in total. The molecule has 1 aliphatic heterocycles. The Labute approximate surface area is 145 Å². The molecule has 0 saturated carbocycles. The van der Waals surface area contributed by atoms with Gasteiger partial charge in [0, 0.05) is 34.4 Å². The van der Waals surface area contributed by atoms with E-state index in [1.165, 1.54) is 12.5 Å². The number of rotatable bonds is 2. The van der Waals surface area contributed by atoms with Crippen LogP contribution in [0.3, 0.4) is 0 Å². The zero-order chi connectivity index (χ0) is 19.2. The minimum atomic E-state index is -2.38. The Balaban J connectivity index is 1.82. The summed E-state index contributed by atoms with van der Waals surface area (Å²) in [6.45, 7) is -2.38. The zero-order valence-corrected chi connectivity index (χ0v) is 13.8. The first kappa shape index (κ1) is 12.0. The number of hydrogen-bond donors (Lipinski definition) is 1. The van der Waals surface area contributed by atoms with Crippen LogP contribution in [0.15, 0.2) is 41.2 Å². The monoisotopic (exact) mass is 344 g/mol. The Morgan fingerprint density at radius 1 is 1.25 bits per heavy atom. The van der Waals surface area contributed by atoms with E-state index in [1.807, 2.05) is 12.1 Å². The van der Waals surface area contributed by atoms with Crippen molar-refractivity contribution in [2.75, 3.05) is 17.2 Å². The third-order valence-electron chi connectivity index (χ3n) is 4.24. The highest BCUT2D eigenvalue weighted by Gasteiger charge is 2.17. The lowest BCUT2D eigenvalue weighted by atomic mass is 10.1. The van der Waals surface area contributed by atoms with Crippen LogP contribution >= 0.6 is 0 Å². The molecule has 24 heavy (non-hydrogen) atoms. The SMILES string of the molecule is [2H]C([2H])([2H])n1cc(-c2ccc(N=S3(=O)CCCC3)cc2)c2c(N)ncnc21. The van der Waals surface area contributed by atoms with Gasteiger partial charge in [0.1, 0.15) is 17.8 Å². The molecule has 0 amide bonds. The number of benzene rings is 1. The van der Waals surface area contributed by atoms with Crippen LogP contribution in [-0.2, 0) is 16.7 Å². The van der Waals surface area contributed by atoms with Gasteiger partial charge in [-0.15, -0.1) is 0 Å². The Morgan fingerprint density at radius 2 is 2.00 bits per heavy atom. The van der Waals surface area contributed by atoms with E-state index in [1.54, 1.807) is 12.1 Å². The molecule has 1 saturated heterocycles. The summed E-state index contributed by atoms with van der Waals surface area (Å²) < 4.78 is 41.3. The second kappa shape index (κ2) is 5.59. The van der Waals surface area contributed by atoms with Gasteiger partial charge in [-0.1, -0.05) is 12.1 Å². The minimum Gasteiger partial charge on any atom is -0.383 e. The maximum absolute atomic E-state index is 12.6. The molecular formula is C17H19N5OS. The van der Waals surface area contributed by atoms with Crippen molar-refractivity contribution in [3.05, 3.63) is 36.8 Å². The molecule has 0 radical (unpaired) electrons. The summed E-state index contributed by atoms with van der Waals surface area (Å²) in [5.41, 5.74) is 8.33. The van der Waals surface area contributed by atoms with Crippen LogP contribution in [0, 0.1) is 0 Å². The first-order chi connectivity index (χ1) is 12.8. The van der Waals surface area contributed by atoms with Gasteiger partial charge in [-0.2, -0.15) is 4.36 Å². The van der Waals surface area contributed by atoms with Gasteiger partial charge in [0.05, 0.1) is 20.8 Å². The van der Waals surface area contributed by atoms with Crippen molar-refractivity contribution in [1.82, 2.24) is 14.5 Å². The predicted octanol–water partition coefficient (Wildman–Crippen LogP) is 3.11. The van der Waals surface area contributed by atoms with E-state index in [-0.39, 0.29) is 11.5 Å². The highest BCUT2D eigenvalue weighted by Crippen LogP contribution is 2.33. The highest BCUT2D eigenvalue weighted by molar-refractivity contribution is 7.93. The molecular weight excluding hydrogens is 322 g/mol. The summed E-state index contributed by atoms with van der Waals surface area (Å²) >= 11 is 0. The summed E-state index contributed by atoms with van der Waals surface area (Å²) in [4.78, 5) is 8.10. The van der Waals surface area contributed by atoms with Crippen molar-refractivity contribution in [2.24, 2.45) is 11.3 Å². The average molecular weight is 344 g/mol. The molecule has 7 heteroatoms. The van der Waals surface area contributed by atoms with E-state index in [4.69, 9.17) is 9.85 Å². The largest absolute Gasteiger partial charge is 0.383 e. The molecule has 0 aliphatic carbocycles. The van der Waals surface area contributed by atoms with Crippen LogP contribution in [0.4, 0.5) is 11.5 Å². The van der Waals surface area contributed by atoms with Gasteiger partial charge >= 0.3 is 0 Å². The predicted molar refractivity (Wildman–Crippen MR) is 97.6 cm³/mol. The van der Waals surface area contributed by atoms with Crippen molar-refractivity contribution >= 4 is 32.3 Å². The molecule has 1 fully saturated rings. The molecule has 0 bridgehead atoms. The number of hydrogen-bond acceptors (Lipinski definition) is 5. The molecule has 2 aromatic heterocycles. The number of aromatic nitrogens is 3. The quantitative estimate of drug-likeness (QED) is 0.774. The van der Waals surface area contributed by atoms with Crippen LogP contribution in [0.2, 0.25) is 0 Å². The molecule has 3 heterocycles. The van der Waals surface area contributed by atoms with Crippen LogP contribution in [-0.4, -0.2) is 30.2 Å². The minimum absolute atomic E-state index is 0.223. The molecule has 124 valence electrons. The molecule has 2 N–H and O–H groups in total. The standard InChI is InChI=1S/C17H19N5OS/c1-22-10-14(15-16(18)19-11-20-17(15)22)12-4-6-13(7-5-12)21-24(23)8-2-3-9-24/h4-7,10-11H,2-3,8-9H2,1H3,(H2,18,19,20)/i1D3. The van der Waals surface area contributed by atoms with Crippen molar-refractivity contribution < 1.29 is 8.32 Å². The lowest BCUT2D eigenvalue weighted by Crippen LogP contribution is -1.99. The molecule has 1 aromatic carbocycles. The fraction of sp³-hybridized carbons (Fsp3) is 0.294. The van der Waals surface area contributed by atoms with E-state index in [2.05, 4.69) is 14.3 Å². The van der Waals surface area contributed by atoms with Gasteiger partial charge < -0.3 is 10.3 Å². The van der Waals surface area contributed by atoms with Gasteiger partial charge in [0.15, 0.2) is 0 Å². The van der Waals surface area contributed by atoms with Gasteiger partial charge in [0.2, 0.25) is 0 Å². The first-order valence-corrected chi connectivity index (χ1v) is 9.57. The smallest absolute Gasteiger partial charge is 0.145 e. The van der Waals surface area contributed by atoms with Gasteiger partial charge in [-0.05, 0) is 30.5 Å². The second-order valence-electron chi connectivity index (χ2n) is 5.90. The summed E-state index contributed by atoms with van der Waals surface area (Å²) in [5, 5.41) is 0.500. The molecule has 0 unspecified atom stereocenters. The number of nitrogens with zero attached hydrogens (tertiary/aromatic N) is 4. The summed E-state index contributed by atoms with van der Waals surface area (Å²) in [6, 6.07) is 7.22. The van der Waals surface area contributed by atoms with Gasteiger partial charge in [0.25, 0.3) is 0 Å². The molecule has 3 aromatic rings. The Bertz CT molecular complexity index is 1120. The van der Waals surface area contributed by atoms with E-state index in [0.29, 0.717) is 28.1 Å². The molecule has 4 rings (SSSR count). The number of nitrogens with two attached hydrogens (primary N) is 1. The van der Waals surface area contributed by atoms with E-state index in [9.17, 15) is 4.21 Å². The van der Waals surface area contributed by atoms with Crippen LogP contribution in [0.1, 0.15) is 17.0 Å². The highest BCUT2D eigenvalue weighted by atomic mass is 32.2. The molecule has 0 spiro atoms. The summed E-state index contributed by atoms with van der Waals surface area (Å²) in [7, 11) is -2.13. The normalized spacial score (nSPS) is 18.9. The summed E-state index contributed by atoms with van der Waals surface area (Å²) in [6.07, 6.45) is 4.68. The first-order valence-electron chi connectivity index (χ1n) is 9.22. The number of anilines is 1. The average Bonchev–Trinajstić information content (AvgIpc) is 3.20. The molecule has 0 atom stereocenters. The van der Waals surface area contributed by atoms with E-state index < -0.39 is 16.7 Å². The van der Waals surface area contributed by atoms with Crippen molar-refractivity contribution in [3.63, 3.8) is 0 Å². The van der Waals surface area contributed by atoms with Gasteiger partial charge in [-0.3, -0.25) is 0 Å². The van der Waals surface area contributed by atoms with E-state index in [0.717, 1.165) is 23.0 Å².